The van der Waals surface area contributed by atoms with E-state index in [1.54, 1.807) is 0 Å². The van der Waals surface area contributed by atoms with Crippen LogP contribution in [0.1, 0.15) is 49.7 Å². The number of nitrogens with zero attached hydrogens (tertiary/aromatic N) is 1. The Morgan fingerprint density at radius 2 is 1.59 bits per heavy atom. The third-order valence-electron chi connectivity index (χ3n) is 6.75. The predicted octanol–water partition coefficient (Wildman–Crippen LogP) is 6.23. The van der Waals surface area contributed by atoms with Crippen molar-refractivity contribution in [3.05, 3.63) is 77.9 Å². The van der Waals surface area contributed by atoms with Crippen molar-refractivity contribution in [2.24, 2.45) is 5.92 Å². The van der Waals surface area contributed by atoms with Gasteiger partial charge in [0.05, 0.1) is 6.61 Å². The molecule has 1 aliphatic heterocycles. The van der Waals surface area contributed by atoms with E-state index in [0.717, 1.165) is 51.3 Å². The minimum atomic E-state index is 0.329. The van der Waals surface area contributed by atoms with Gasteiger partial charge in [0, 0.05) is 13.2 Å². The molecule has 1 N–H and O–H groups in total. The molecule has 1 aliphatic rings. The Balaban J connectivity index is 1.20. The molecule has 3 aromatic carbocycles. The summed E-state index contributed by atoms with van der Waals surface area (Å²) < 4.78 is 6.02. The van der Waals surface area contributed by atoms with Crippen LogP contribution in [0.15, 0.2) is 66.7 Å². The van der Waals surface area contributed by atoms with Crippen LogP contribution in [0.3, 0.4) is 0 Å². The Bertz CT molecular complexity index is 948. The van der Waals surface area contributed by atoms with Crippen LogP contribution in [0, 0.1) is 5.92 Å². The highest BCUT2D eigenvalue weighted by Gasteiger charge is 2.18. The Kier molecular flexibility index (Phi) is 8.58. The van der Waals surface area contributed by atoms with Crippen LogP contribution in [-0.4, -0.2) is 36.3 Å². The summed E-state index contributed by atoms with van der Waals surface area (Å²) in [5, 5.41) is 11.7. The van der Waals surface area contributed by atoms with Crippen molar-refractivity contribution in [3.63, 3.8) is 0 Å². The van der Waals surface area contributed by atoms with Crippen molar-refractivity contribution in [2.45, 2.75) is 51.5 Å². The summed E-state index contributed by atoms with van der Waals surface area (Å²) in [5.74, 6) is 1.68. The molecular weight excluding hydrogens is 394 g/mol. The third-order valence-corrected chi connectivity index (χ3v) is 6.75. The molecule has 0 saturated carbocycles. The Morgan fingerprint density at radius 3 is 2.41 bits per heavy atom. The standard InChI is InChI=1S/C29H37NO2/c31-19-16-25-14-17-30(18-15-25)23-26-10-11-28-22-29(13-12-27(28)21-26)32-20-6-2-5-9-24-7-3-1-4-8-24/h1,3-4,7-8,10-13,21-22,25,31H,2,5-6,9,14-20,23H2. The Hall–Kier alpha value is -2.36. The monoisotopic (exact) mass is 431 g/mol. The molecule has 1 fully saturated rings. The molecule has 1 heterocycles. The second-order valence-corrected chi connectivity index (χ2v) is 9.22. The van der Waals surface area contributed by atoms with E-state index in [9.17, 15) is 0 Å². The largest absolute Gasteiger partial charge is 0.494 e. The summed E-state index contributed by atoms with van der Waals surface area (Å²) >= 11 is 0. The van der Waals surface area contributed by atoms with Crippen molar-refractivity contribution >= 4 is 10.8 Å². The molecule has 170 valence electrons. The minimum absolute atomic E-state index is 0.329. The number of piperidine rings is 1. The molecule has 0 atom stereocenters. The van der Waals surface area contributed by atoms with Crippen LogP contribution in [0.25, 0.3) is 10.8 Å². The molecule has 0 bridgehead atoms. The Labute approximate surface area is 193 Å². The maximum absolute atomic E-state index is 9.14. The lowest BCUT2D eigenvalue weighted by Gasteiger charge is -2.31. The van der Waals surface area contributed by atoms with Gasteiger partial charge >= 0.3 is 0 Å². The van der Waals surface area contributed by atoms with E-state index in [1.807, 2.05) is 0 Å². The topological polar surface area (TPSA) is 32.7 Å². The van der Waals surface area contributed by atoms with Gasteiger partial charge in [-0.3, -0.25) is 4.90 Å². The molecule has 0 spiro atoms. The molecule has 3 aromatic rings. The highest BCUT2D eigenvalue weighted by molar-refractivity contribution is 5.84. The SMILES string of the molecule is OCCC1CCN(Cc2ccc3cc(OCCCCCc4ccccc4)ccc3c2)CC1. The number of unbranched alkanes of at least 4 members (excludes halogenated alkanes) is 2. The van der Waals surface area contributed by atoms with E-state index in [4.69, 9.17) is 9.84 Å². The molecule has 0 aliphatic carbocycles. The van der Waals surface area contributed by atoms with Gasteiger partial charge < -0.3 is 9.84 Å². The van der Waals surface area contributed by atoms with E-state index < -0.39 is 0 Å². The van der Waals surface area contributed by atoms with Gasteiger partial charge in [0.15, 0.2) is 0 Å². The average Bonchev–Trinajstić information content (AvgIpc) is 2.83. The highest BCUT2D eigenvalue weighted by Crippen LogP contribution is 2.25. The van der Waals surface area contributed by atoms with Gasteiger partial charge in [-0.05, 0) is 104 Å². The number of aliphatic hydroxyl groups is 1. The molecular formula is C29H37NO2. The number of fused-ring (bicyclic) bond motifs is 1. The van der Waals surface area contributed by atoms with Crippen molar-refractivity contribution in [1.82, 2.24) is 4.90 Å². The van der Waals surface area contributed by atoms with E-state index in [0.29, 0.717) is 12.5 Å². The molecule has 3 heteroatoms. The fourth-order valence-corrected chi connectivity index (χ4v) is 4.78. The maximum Gasteiger partial charge on any atom is 0.119 e. The van der Waals surface area contributed by atoms with Crippen LogP contribution in [0.2, 0.25) is 0 Å². The lowest BCUT2D eigenvalue weighted by molar-refractivity contribution is 0.153. The van der Waals surface area contributed by atoms with Crippen LogP contribution >= 0.6 is 0 Å². The van der Waals surface area contributed by atoms with Gasteiger partial charge in [-0.1, -0.05) is 48.5 Å². The molecule has 0 radical (unpaired) electrons. The fourth-order valence-electron chi connectivity index (χ4n) is 4.78. The molecule has 32 heavy (non-hydrogen) atoms. The van der Waals surface area contributed by atoms with Crippen molar-refractivity contribution < 1.29 is 9.84 Å². The van der Waals surface area contributed by atoms with Crippen molar-refractivity contribution in [3.8, 4) is 5.75 Å². The van der Waals surface area contributed by atoms with Gasteiger partial charge in [-0.2, -0.15) is 0 Å². The third kappa shape index (κ3) is 6.82. The van der Waals surface area contributed by atoms with E-state index in [2.05, 4.69) is 71.6 Å². The highest BCUT2D eigenvalue weighted by atomic mass is 16.5. The van der Waals surface area contributed by atoms with E-state index >= 15 is 0 Å². The summed E-state index contributed by atoms with van der Waals surface area (Å²) in [7, 11) is 0. The first-order valence-electron chi connectivity index (χ1n) is 12.3. The number of aliphatic hydroxyl groups excluding tert-OH is 1. The maximum atomic E-state index is 9.14. The number of hydrogen-bond acceptors (Lipinski definition) is 3. The summed E-state index contributed by atoms with van der Waals surface area (Å²) in [4.78, 5) is 2.55. The lowest BCUT2D eigenvalue weighted by atomic mass is 9.93. The van der Waals surface area contributed by atoms with Crippen molar-refractivity contribution in [2.75, 3.05) is 26.3 Å². The number of ether oxygens (including phenoxy) is 1. The lowest BCUT2D eigenvalue weighted by Crippen LogP contribution is -2.33. The number of rotatable bonds is 11. The zero-order valence-corrected chi connectivity index (χ0v) is 19.2. The average molecular weight is 432 g/mol. The molecule has 3 nitrogen and oxygen atoms in total. The number of hydrogen-bond donors (Lipinski definition) is 1. The summed E-state index contributed by atoms with van der Waals surface area (Å²) in [6, 6.07) is 24.0. The normalized spacial score (nSPS) is 15.3. The molecule has 4 rings (SSSR count). The molecule has 0 unspecified atom stereocenters. The zero-order chi connectivity index (χ0) is 22.0. The van der Waals surface area contributed by atoms with E-state index in [1.165, 1.54) is 47.6 Å². The first-order valence-corrected chi connectivity index (χ1v) is 12.3. The second-order valence-electron chi connectivity index (χ2n) is 9.22. The molecule has 0 amide bonds. The van der Waals surface area contributed by atoms with Gasteiger partial charge in [-0.15, -0.1) is 0 Å². The number of likely N-dealkylation sites (tertiary alicyclic amines) is 1. The van der Waals surface area contributed by atoms with Crippen LogP contribution in [0.5, 0.6) is 5.75 Å². The van der Waals surface area contributed by atoms with Gasteiger partial charge in [0.2, 0.25) is 0 Å². The van der Waals surface area contributed by atoms with Crippen LogP contribution in [0.4, 0.5) is 0 Å². The van der Waals surface area contributed by atoms with Gasteiger partial charge in [0.25, 0.3) is 0 Å². The number of aryl methyl sites for hydroxylation is 1. The predicted molar refractivity (Wildman–Crippen MR) is 133 cm³/mol. The second kappa shape index (κ2) is 12.0. The smallest absolute Gasteiger partial charge is 0.119 e. The first-order chi connectivity index (χ1) is 15.8. The van der Waals surface area contributed by atoms with Gasteiger partial charge in [-0.25, -0.2) is 0 Å². The quantitative estimate of drug-likeness (QED) is 0.366. The van der Waals surface area contributed by atoms with E-state index in [-0.39, 0.29) is 0 Å². The Morgan fingerprint density at radius 1 is 0.812 bits per heavy atom. The summed E-state index contributed by atoms with van der Waals surface area (Å²) in [6.45, 7) is 4.41. The van der Waals surface area contributed by atoms with Gasteiger partial charge in [0.1, 0.15) is 5.75 Å². The van der Waals surface area contributed by atoms with Crippen molar-refractivity contribution in [1.29, 1.82) is 0 Å². The molecule has 1 saturated heterocycles. The fraction of sp³-hybridized carbons (Fsp3) is 0.448. The minimum Gasteiger partial charge on any atom is -0.494 e. The molecule has 0 aromatic heterocycles. The van der Waals surface area contributed by atoms with Crippen LogP contribution in [-0.2, 0) is 13.0 Å². The number of benzene rings is 3. The zero-order valence-electron chi connectivity index (χ0n) is 19.2. The first kappa shape index (κ1) is 22.8. The summed E-state index contributed by atoms with van der Waals surface area (Å²) in [6.07, 6.45) is 8.04. The van der Waals surface area contributed by atoms with Crippen LogP contribution < -0.4 is 4.74 Å². The summed E-state index contributed by atoms with van der Waals surface area (Å²) in [5.41, 5.74) is 2.80.